The Bertz CT molecular complexity index is 4230. The minimum absolute atomic E-state index is 0.838. The van der Waals surface area contributed by atoms with Crippen LogP contribution in [0.25, 0.3) is 0 Å². The second kappa shape index (κ2) is 53.4. The second-order valence-corrected chi connectivity index (χ2v) is 38.1. The van der Waals surface area contributed by atoms with E-state index in [1.807, 2.05) is 0 Å². The van der Waals surface area contributed by atoms with Crippen molar-refractivity contribution in [2.24, 2.45) is 0 Å². The molecule has 0 aromatic heterocycles. The summed E-state index contributed by atoms with van der Waals surface area (Å²) in [5, 5.41) is 401. The van der Waals surface area contributed by atoms with Crippen LogP contribution >= 0.6 is 0 Å². The van der Waals surface area contributed by atoms with Crippen molar-refractivity contribution < 1.29 is 312 Å². The largest absolute Gasteiger partial charge is 0.477 e. The third-order valence-corrected chi connectivity index (χ3v) is 27.6. The first kappa shape index (κ1) is 124. The van der Waals surface area contributed by atoms with Gasteiger partial charge < -0.3 is 309 Å². The number of aliphatic carboxylic acids is 1. The summed E-state index contributed by atoms with van der Waals surface area (Å²) in [6.45, 7) is -8.41. The van der Waals surface area contributed by atoms with Gasteiger partial charge >= 0.3 is 5.97 Å². The van der Waals surface area contributed by atoms with Gasteiger partial charge in [-0.2, -0.15) is 0 Å². The molecule has 150 heavy (non-hydrogen) atoms. The van der Waals surface area contributed by atoms with Crippen molar-refractivity contribution in [1.82, 2.24) is 21.3 Å². The van der Waals surface area contributed by atoms with E-state index in [0.717, 1.165) is 27.7 Å². The molecule has 61 atom stereocenters. The lowest BCUT2D eigenvalue weighted by atomic mass is 9.90. The Hall–Kier alpha value is -4.93. The number of carbonyl (C=O) groups is 5. The summed E-state index contributed by atoms with van der Waals surface area (Å²) >= 11 is 0. The maximum Gasteiger partial charge on any atom is 0.364 e. The Morgan fingerprint density at radius 1 is 0.287 bits per heavy atom. The highest BCUT2D eigenvalue weighted by molar-refractivity contribution is 5.76. The predicted molar refractivity (Wildman–Crippen MR) is 457 cm³/mol. The Morgan fingerprint density at radius 2 is 0.587 bits per heavy atom. The fraction of sp³-hybridized carbons (Fsp3) is 0.940. The Balaban J connectivity index is 0.852. The molecule has 0 spiro atoms. The van der Waals surface area contributed by atoms with Gasteiger partial charge in [0.05, 0.1) is 84.9 Å². The molecule has 0 aromatic carbocycles. The lowest BCUT2D eigenvalue weighted by molar-refractivity contribution is -0.399. The number of carboxylic acid groups (broad SMARTS) is 1. The van der Waals surface area contributed by atoms with Gasteiger partial charge in [-0.25, -0.2) is 4.79 Å². The highest BCUT2D eigenvalue weighted by Crippen LogP contribution is 2.44. The molecule has 0 unspecified atom stereocenters. The molecular weight excluding hydrogens is 2060 g/mol. The minimum Gasteiger partial charge on any atom is -0.477 e. The molecule has 12 fully saturated rings. The minimum atomic E-state index is -3.13. The zero-order valence-electron chi connectivity index (χ0n) is 80.2. The van der Waals surface area contributed by atoms with Gasteiger partial charge in [0.25, 0.3) is 5.79 Å². The third-order valence-electron chi connectivity index (χ3n) is 27.6. The molecule has 67 nitrogen and oxygen atoms in total. The second-order valence-electron chi connectivity index (χ2n) is 38.1. The summed E-state index contributed by atoms with van der Waals surface area (Å²) in [7, 11) is 0. The quantitative estimate of drug-likeness (QED) is 0.0271. The molecule has 4 amide bonds. The van der Waals surface area contributed by atoms with Crippen LogP contribution in [0.5, 0.6) is 0 Å². The van der Waals surface area contributed by atoms with Crippen LogP contribution in [0.2, 0.25) is 0 Å². The summed E-state index contributed by atoms with van der Waals surface area (Å²) < 4.78 is 136. The van der Waals surface area contributed by atoms with Crippen molar-refractivity contribution in [3.63, 3.8) is 0 Å². The molecule has 0 radical (unpaired) electrons. The lowest BCUT2D eigenvalue weighted by Crippen LogP contribution is -2.71. The molecule has 12 heterocycles. The zero-order chi connectivity index (χ0) is 111. The summed E-state index contributed by atoms with van der Waals surface area (Å²) in [5.41, 5.74) is 0. The molecule has 868 valence electrons. The van der Waals surface area contributed by atoms with E-state index in [2.05, 4.69) is 21.3 Å². The average molecular weight is 2200 g/mol. The van der Waals surface area contributed by atoms with Gasteiger partial charge in [-0.15, -0.1) is 0 Å². The van der Waals surface area contributed by atoms with Gasteiger partial charge in [0.2, 0.25) is 23.6 Å². The van der Waals surface area contributed by atoms with E-state index in [0.29, 0.717) is 0 Å². The number of nitrogens with one attached hydrogen (secondary N) is 4. The van der Waals surface area contributed by atoms with Gasteiger partial charge in [0.15, 0.2) is 69.2 Å². The van der Waals surface area contributed by atoms with Gasteiger partial charge in [0, 0.05) is 34.1 Å². The standard InChI is InChI=1S/C83H138N4O63/c1-18-39(102)52(115)57(120)75(131-18)128-16-34-65(48(111)35(71(125)132-34)84-19(2)96)142-72-36(85-20(3)97)49(112)64(30(13-94)137-72)145-79-61(124)67(47(110)32(140-79)15-129-80-69(55(118)43(106)26(9-90)135-80)148-73-37(86-21(4)98)51(114)63(31(14-95)138-73)144-78-60(123)66(46(109)28(11-92)134-78)146-76-58(121)53(116)42(105)25(8-89)133-76)147-81-70(56(119)44(107)27(10-91)136-81)149-74-38(87-22(5)99)50(113)62(29(12-93)139-74)143-77-59(122)54(117)45(108)33(141-77)17-130-83(82(126)127)6-23(100)40(103)68(150-83)41(104)24(101)7-88/h18,23-81,88-95,100-125H,6-17H2,1-5H3,(H,84,96)(H,85,97)(H,86,98)(H,87,99)(H,126,127)/t18-,23-,24+,25+,26+,27+,28+,29+,30+,31+,32+,33+,34+,35+,36+,37+,38-,39+,40+,41+,42-,43+,44+,45-,46-,47+,48+,49+,50+,51+,52+,53-,54-,55-,56-,57-,58+,59+,60+,61-,62+,63+,64+,65+,66-,67-,68+,69-,70-,71+,72-,73-,74-,75+,76-,77-,78-,79-,80-,81+,83+/m0/s1. The summed E-state index contributed by atoms with van der Waals surface area (Å²) in [6.07, 6.45) is -124. The van der Waals surface area contributed by atoms with Crippen molar-refractivity contribution >= 4 is 29.6 Å². The van der Waals surface area contributed by atoms with Crippen LogP contribution in [-0.4, -0.2) is 655 Å². The zero-order valence-corrected chi connectivity index (χ0v) is 80.2. The fourth-order valence-electron chi connectivity index (χ4n) is 19.3. The first-order chi connectivity index (χ1) is 70.8. The van der Waals surface area contributed by atoms with Crippen molar-refractivity contribution in [3.8, 4) is 0 Å². The highest BCUT2D eigenvalue weighted by Gasteiger charge is 2.65. The molecule has 12 saturated heterocycles. The van der Waals surface area contributed by atoms with E-state index in [1.165, 1.54) is 6.92 Å². The first-order valence-electron chi connectivity index (χ1n) is 47.7. The molecule has 12 aliphatic rings. The number of carboxylic acids is 1. The SMILES string of the molecule is CC(=O)N[C@@H]1[C@H](O[C@@H]2[C@@H](O[C@@H]3[C@H](O)[C@H](O[C@H]4[C@H](O)[C@@H](NC(C)=O)[C@H](O[C@H]5[C@H](O)[C@@H](NC(C)=O)[C@H](O)O[C@@H]5CO[C@@H]5O[C@@H](C)[C@@H](O)[C@@H](O)[C@@H]5O)O[C@@H]4CO)O[C@H](CO[C@H]4O[C@H](CO)[C@@H](O)[C@H](O)[C@@H]4O[C@@H]4O[C@H](CO)[C@@H](O[C@@H]5O[C@H](CO)[C@H](O)[C@H](O[C@@H]6O[C@H](CO)[C@H](O)[C@H](O)[C@H]6O)[C@H]5O)[C@H](O)[C@H]4NC(C)=O)[C@H]3O)O[C@H](CO)[C@@H](O)[C@@H]2O)O[C@H](CO)[C@@H](O[C@@H]2O[C@H](CO[C@]3(C(=O)O)C[C@H](O)[C@@H](O)[C@H]([C@H](O)[C@H](O)CO)O3)[C@H](O)[C@H](O)[C@H]2O)[C@@H]1O. The van der Waals surface area contributed by atoms with Gasteiger partial charge in [-0.05, 0) is 6.92 Å². The Labute approximate surface area is 847 Å². The normalized spacial score (nSPS) is 49.3. The molecule has 12 rings (SSSR count). The molecule has 0 aromatic rings. The number of ether oxygens (including phenoxy) is 23. The van der Waals surface area contributed by atoms with Crippen LogP contribution < -0.4 is 21.3 Å². The van der Waals surface area contributed by atoms with E-state index in [4.69, 9.17) is 109 Å². The number of hydrogen-bond acceptors (Lipinski definition) is 62. The Kier molecular flexibility index (Phi) is 44.0. The van der Waals surface area contributed by atoms with E-state index in [-0.39, 0.29) is 0 Å². The molecule has 0 saturated carbocycles. The summed E-state index contributed by atoms with van der Waals surface area (Å²) in [6, 6.07) is -8.17. The van der Waals surface area contributed by atoms with E-state index >= 15 is 0 Å². The monoisotopic (exact) mass is 2200 g/mol. The van der Waals surface area contributed by atoms with Gasteiger partial charge in [-0.1, -0.05) is 0 Å². The van der Waals surface area contributed by atoms with Gasteiger partial charge in [-0.3, -0.25) is 19.2 Å². The van der Waals surface area contributed by atoms with E-state index in [9.17, 15) is 203 Å². The van der Waals surface area contributed by atoms with Crippen molar-refractivity contribution in [2.45, 2.75) is 415 Å². The van der Waals surface area contributed by atoms with Crippen LogP contribution in [0.1, 0.15) is 41.0 Å². The Morgan fingerprint density at radius 3 is 1.01 bits per heavy atom. The van der Waals surface area contributed by atoms with Crippen LogP contribution in [0.4, 0.5) is 0 Å². The van der Waals surface area contributed by atoms with E-state index < -0.39 is 483 Å². The summed E-state index contributed by atoms with van der Waals surface area (Å²) in [5.74, 6) is -9.29. The van der Waals surface area contributed by atoms with Crippen LogP contribution in [0.15, 0.2) is 0 Å². The van der Waals surface area contributed by atoms with Crippen molar-refractivity contribution in [1.29, 1.82) is 0 Å². The average Bonchev–Trinajstić information content (AvgIpc) is 0.765. The van der Waals surface area contributed by atoms with Gasteiger partial charge in [0.1, 0.15) is 287 Å². The smallest absolute Gasteiger partial charge is 0.364 e. The fourth-order valence-corrected chi connectivity index (χ4v) is 19.3. The maximum atomic E-state index is 13.4. The molecular formula is C83H138N4O63. The number of rotatable bonds is 40. The lowest BCUT2D eigenvalue weighted by Gasteiger charge is -2.51. The topological polar surface area (TPSA) is 1050 Å². The van der Waals surface area contributed by atoms with Crippen LogP contribution in [0.3, 0.4) is 0 Å². The molecule has 12 aliphatic heterocycles. The molecule has 67 heteroatoms. The summed E-state index contributed by atoms with van der Waals surface area (Å²) in [4.78, 5) is 65.4. The molecule has 0 bridgehead atoms. The number of amides is 4. The predicted octanol–water partition coefficient (Wildman–Crippen LogP) is -26.3. The highest BCUT2D eigenvalue weighted by atomic mass is 16.8. The number of hydrogen-bond donors (Lipinski definition) is 39. The number of carbonyl (C=O) groups excluding carboxylic acids is 4. The van der Waals surface area contributed by atoms with Crippen molar-refractivity contribution in [2.75, 3.05) is 72.7 Å². The molecule has 39 N–H and O–H groups in total. The third kappa shape index (κ3) is 27.0. The van der Waals surface area contributed by atoms with Crippen LogP contribution in [0, 0.1) is 0 Å². The van der Waals surface area contributed by atoms with Crippen molar-refractivity contribution in [3.05, 3.63) is 0 Å². The number of aliphatic hydroxyl groups is 34. The first-order valence-corrected chi connectivity index (χ1v) is 47.7. The molecule has 0 aliphatic carbocycles. The van der Waals surface area contributed by atoms with E-state index in [1.54, 1.807) is 0 Å². The number of aliphatic hydroxyl groups excluding tert-OH is 34. The van der Waals surface area contributed by atoms with Crippen LogP contribution in [-0.2, 0) is 133 Å². The maximum absolute atomic E-state index is 13.4.